The van der Waals surface area contributed by atoms with E-state index in [4.69, 9.17) is 16.7 Å². The van der Waals surface area contributed by atoms with Gasteiger partial charge in [-0.2, -0.15) is 12.7 Å². The van der Waals surface area contributed by atoms with Crippen molar-refractivity contribution in [2.75, 3.05) is 17.8 Å². The van der Waals surface area contributed by atoms with Crippen molar-refractivity contribution >= 4 is 33.5 Å². The first-order valence-electron chi connectivity index (χ1n) is 6.62. The average molecular weight is 335 g/mol. The van der Waals surface area contributed by atoms with Gasteiger partial charge in [0.15, 0.2) is 0 Å². The van der Waals surface area contributed by atoms with Gasteiger partial charge in [-0.1, -0.05) is 25.4 Å². The molecule has 2 N–H and O–H groups in total. The standard InChI is InChI=1S/C13H19ClN2O4S/c1-3-7-16(8-4-2)21(19,20)15-12-6-5-10(13(17)18)9-11(12)14/h5-6,9,15H,3-4,7-8H2,1-2H3,(H,17,18). The summed E-state index contributed by atoms with van der Waals surface area (Å²) >= 11 is 5.93. The summed E-state index contributed by atoms with van der Waals surface area (Å²) in [6.07, 6.45) is 1.40. The van der Waals surface area contributed by atoms with E-state index in [9.17, 15) is 13.2 Å². The highest BCUT2D eigenvalue weighted by Crippen LogP contribution is 2.25. The molecule has 6 nitrogen and oxygen atoms in total. The van der Waals surface area contributed by atoms with Crippen LogP contribution in [0.4, 0.5) is 5.69 Å². The van der Waals surface area contributed by atoms with Crippen molar-refractivity contribution in [1.29, 1.82) is 0 Å². The molecule has 0 heterocycles. The van der Waals surface area contributed by atoms with Gasteiger partial charge in [0.2, 0.25) is 0 Å². The van der Waals surface area contributed by atoms with E-state index in [-0.39, 0.29) is 16.3 Å². The summed E-state index contributed by atoms with van der Waals surface area (Å²) in [7, 11) is -3.70. The summed E-state index contributed by atoms with van der Waals surface area (Å²) in [5, 5.41) is 8.90. The molecule has 0 radical (unpaired) electrons. The van der Waals surface area contributed by atoms with E-state index >= 15 is 0 Å². The Hall–Kier alpha value is -1.31. The third kappa shape index (κ3) is 4.87. The SMILES string of the molecule is CCCN(CCC)S(=O)(=O)Nc1ccc(C(=O)O)cc1Cl. The summed E-state index contributed by atoms with van der Waals surface area (Å²) in [5.74, 6) is -1.12. The van der Waals surface area contributed by atoms with Crippen LogP contribution in [0.25, 0.3) is 0 Å². The zero-order chi connectivity index (χ0) is 16.0. The summed E-state index contributed by atoms with van der Waals surface area (Å²) in [4.78, 5) is 10.8. The van der Waals surface area contributed by atoms with Crippen molar-refractivity contribution < 1.29 is 18.3 Å². The number of carboxylic acid groups (broad SMARTS) is 1. The zero-order valence-electron chi connectivity index (χ0n) is 12.0. The lowest BCUT2D eigenvalue weighted by atomic mass is 10.2. The quantitative estimate of drug-likeness (QED) is 0.765. The maximum Gasteiger partial charge on any atom is 0.335 e. The lowest BCUT2D eigenvalue weighted by Crippen LogP contribution is -2.37. The molecular formula is C13H19ClN2O4S. The maximum absolute atomic E-state index is 12.3. The fraction of sp³-hybridized carbons (Fsp3) is 0.462. The Labute approximate surface area is 129 Å². The lowest BCUT2D eigenvalue weighted by molar-refractivity contribution is 0.0697. The smallest absolute Gasteiger partial charge is 0.335 e. The lowest BCUT2D eigenvalue weighted by Gasteiger charge is -2.22. The molecule has 0 atom stereocenters. The van der Waals surface area contributed by atoms with Crippen LogP contribution in [0.1, 0.15) is 37.0 Å². The van der Waals surface area contributed by atoms with Crippen molar-refractivity contribution in [2.24, 2.45) is 0 Å². The third-order valence-corrected chi connectivity index (χ3v) is 4.58. The minimum absolute atomic E-state index is 0.00178. The molecule has 1 aromatic carbocycles. The molecule has 1 aromatic rings. The molecule has 118 valence electrons. The van der Waals surface area contributed by atoms with Crippen molar-refractivity contribution in [3.63, 3.8) is 0 Å². The topological polar surface area (TPSA) is 86.7 Å². The molecule has 0 saturated heterocycles. The number of carbonyl (C=O) groups is 1. The van der Waals surface area contributed by atoms with Crippen molar-refractivity contribution in [1.82, 2.24) is 4.31 Å². The average Bonchev–Trinajstić information content (AvgIpc) is 2.40. The monoisotopic (exact) mass is 334 g/mol. The van der Waals surface area contributed by atoms with Crippen LogP contribution >= 0.6 is 11.6 Å². The number of halogens is 1. The number of nitrogens with zero attached hydrogens (tertiary/aromatic N) is 1. The Kier molecular flexibility index (Phi) is 6.44. The number of anilines is 1. The first kappa shape index (κ1) is 17.7. The van der Waals surface area contributed by atoms with Gasteiger partial charge in [0.05, 0.1) is 16.3 Å². The van der Waals surface area contributed by atoms with Crippen LogP contribution in [0.5, 0.6) is 0 Å². The Morgan fingerprint density at radius 2 is 1.86 bits per heavy atom. The second-order valence-corrected chi connectivity index (χ2v) is 6.58. The molecule has 0 bridgehead atoms. The number of hydrogen-bond donors (Lipinski definition) is 2. The first-order chi connectivity index (χ1) is 9.81. The van der Waals surface area contributed by atoms with Gasteiger partial charge >= 0.3 is 16.2 Å². The van der Waals surface area contributed by atoms with Gasteiger partial charge in [0.1, 0.15) is 0 Å². The predicted octanol–water partition coefficient (Wildman–Crippen LogP) is 2.82. The largest absolute Gasteiger partial charge is 0.478 e. The normalized spacial score (nSPS) is 11.6. The van der Waals surface area contributed by atoms with Crippen LogP contribution in [-0.4, -0.2) is 36.9 Å². The zero-order valence-corrected chi connectivity index (χ0v) is 13.5. The minimum Gasteiger partial charge on any atom is -0.478 e. The van der Waals surface area contributed by atoms with Gasteiger partial charge in [-0.15, -0.1) is 0 Å². The van der Waals surface area contributed by atoms with E-state index in [1.54, 1.807) is 0 Å². The molecular weight excluding hydrogens is 316 g/mol. The van der Waals surface area contributed by atoms with Crippen LogP contribution < -0.4 is 4.72 Å². The molecule has 0 aliphatic carbocycles. The van der Waals surface area contributed by atoms with Crippen LogP contribution in [0, 0.1) is 0 Å². The number of rotatable bonds is 8. The highest BCUT2D eigenvalue weighted by atomic mass is 35.5. The van der Waals surface area contributed by atoms with E-state index in [1.807, 2.05) is 13.8 Å². The minimum atomic E-state index is -3.70. The van der Waals surface area contributed by atoms with Gasteiger partial charge in [-0.3, -0.25) is 4.72 Å². The summed E-state index contributed by atoms with van der Waals surface area (Å²) in [6, 6.07) is 3.86. The second-order valence-electron chi connectivity index (χ2n) is 4.51. The van der Waals surface area contributed by atoms with E-state index in [0.29, 0.717) is 25.9 Å². The molecule has 0 aliphatic heterocycles. The van der Waals surface area contributed by atoms with Gasteiger partial charge < -0.3 is 5.11 Å². The fourth-order valence-electron chi connectivity index (χ4n) is 1.79. The third-order valence-electron chi connectivity index (χ3n) is 2.74. The Morgan fingerprint density at radius 3 is 2.29 bits per heavy atom. The Bertz CT molecular complexity index is 598. The van der Waals surface area contributed by atoms with Crippen LogP contribution in [-0.2, 0) is 10.2 Å². The Morgan fingerprint density at radius 1 is 1.29 bits per heavy atom. The van der Waals surface area contributed by atoms with Crippen molar-refractivity contribution in [3.05, 3.63) is 28.8 Å². The number of benzene rings is 1. The van der Waals surface area contributed by atoms with Gasteiger partial charge in [0, 0.05) is 13.1 Å². The number of nitrogens with one attached hydrogen (secondary N) is 1. The van der Waals surface area contributed by atoms with Crippen molar-refractivity contribution in [2.45, 2.75) is 26.7 Å². The number of hydrogen-bond acceptors (Lipinski definition) is 3. The first-order valence-corrected chi connectivity index (χ1v) is 8.44. The van der Waals surface area contributed by atoms with Gasteiger partial charge in [0.25, 0.3) is 0 Å². The summed E-state index contributed by atoms with van der Waals surface area (Å²) < 4.78 is 28.3. The summed E-state index contributed by atoms with van der Waals surface area (Å²) in [5.41, 5.74) is 0.167. The molecule has 21 heavy (non-hydrogen) atoms. The van der Waals surface area contributed by atoms with Crippen LogP contribution in [0.3, 0.4) is 0 Å². The molecule has 1 rings (SSSR count). The van der Waals surface area contributed by atoms with Crippen LogP contribution in [0.15, 0.2) is 18.2 Å². The molecule has 0 spiro atoms. The van der Waals surface area contributed by atoms with E-state index < -0.39 is 16.2 Å². The molecule has 0 fully saturated rings. The van der Waals surface area contributed by atoms with Crippen molar-refractivity contribution in [3.8, 4) is 0 Å². The fourth-order valence-corrected chi connectivity index (χ4v) is 3.50. The van der Waals surface area contributed by atoms with Gasteiger partial charge in [-0.25, -0.2) is 4.79 Å². The molecule has 0 unspecified atom stereocenters. The summed E-state index contributed by atoms with van der Waals surface area (Å²) in [6.45, 7) is 4.61. The van der Waals surface area contributed by atoms with E-state index in [1.165, 1.54) is 22.5 Å². The maximum atomic E-state index is 12.3. The van der Waals surface area contributed by atoms with Crippen LogP contribution in [0.2, 0.25) is 5.02 Å². The predicted molar refractivity (Wildman–Crippen MR) is 83.1 cm³/mol. The van der Waals surface area contributed by atoms with E-state index in [0.717, 1.165) is 0 Å². The highest BCUT2D eigenvalue weighted by molar-refractivity contribution is 7.90. The second kappa shape index (κ2) is 7.63. The highest BCUT2D eigenvalue weighted by Gasteiger charge is 2.21. The molecule has 0 saturated carbocycles. The number of aromatic carboxylic acids is 1. The van der Waals surface area contributed by atoms with E-state index in [2.05, 4.69) is 4.72 Å². The Balaban J connectivity index is 3.00. The molecule has 0 aliphatic rings. The molecule has 0 amide bonds. The molecule has 0 aromatic heterocycles. The number of carboxylic acids is 1. The van der Waals surface area contributed by atoms with Gasteiger partial charge in [-0.05, 0) is 31.0 Å². The molecule has 8 heteroatoms.